The highest BCUT2D eigenvalue weighted by Gasteiger charge is 2.44. The van der Waals surface area contributed by atoms with Crippen LogP contribution < -0.4 is 15.4 Å². The van der Waals surface area contributed by atoms with Crippen molar-refractivity contribution in [1.29, 1.82) is 0 Å². The fraction of sp³-hybridized carbons (Fsp3) is 0.441. The minimum atomic E-state index is -0.869. The third-order valence-electron chi connectivity index (χ3n) is 14.5. The van der Waals surface area contributed by atoms with Crippen molar-refractivity contribution in [2.45, 2.75) is 136 Å². The molecule has 8 rings (SSSR count). The van der Waals surface area contributed by atoms with Crippen molar-refractivity contribution < 1.29 is 39.2 Å². The summed E-state index contributed by atoms with van der Waals surface area (Å²) in [6, 6.07) is 25.6. The first-order valence-corrected chi connectivity index (χ1v) is 27.9. The first kappa shape index (κ1) is 54.1. The van der Waals surface area contributed by atoms with Crippen LogP contribution in [0.2, 0.25) is 0 Å². The van der Waals surface area contributed by atoms with Crippen molar-refractivity contribution in [3.05, 3.63) is 119 Å². The summed E-state index contributed by atoms with van der Waals surface area (Å²) in [4.78, 5) is 65.7. The Morgan fingerprint density at radius 2 is 1.49 bits per heavy atom. The van der Waals surface area contributed by atoms with Crippen molar-refractivity contribution in [3.8, 4) is 38.1 Å². The van der Waals surface area contributed by atoms with Crippen molar-refractivity contribution in [2.24, 2.45) is 5.41 Å². The molecule has 2 fully saturated rings. The number of nitrogens with one attached hydrogen (secondary N) is 2. The predicted octanol–water partition coefficient (Wildman–Crippen LogP) is 11.0. The van der Waals surface area contributed by atoms with Crippen LogP contribution in [0.1, 0.15) is 132 Å². The van der Waals surface area contributed by atoms with Crippen LogP contribution in [0.15, 0.2) is 96.5 Å². The van der Waals surface area contributed by atoms with Gasteiger partial charge in [0.25, 0.3) is 0 Å². The maximum Gasteiger partial charge on any atom is 0.246 e. The number of ether oxygens (including phenoxy) is 1. The molecule has 0 unspecified atom stereocenters. The van der Waals surface area contributed by atoms with Gasteiger partial charge in [-0.05, 0) is 135 Å². The van der Waals surface area contributed by atoms with Crippen molar-refractivity contribution >= 4 is 56.3 Å². The topological polar surface area (TPSA) is 182 Å². The molecule has 392 valence electrons. The molecule has 3 heterocycles. The Morgan fingerprint density at radius 3 is 2.18 bits per heavy atom. The number of aromatic hydroxyl groups is 2. The van der Waals surface area contributed by atoms with E-state index in [0.717, 1.165) is 81.0 Å². The lowest BCUT2D eigenvalue weighted by molar-refractivity contribution is -0.144. The number of phenols is 2. The fourth-order valence-electron chi connectivity index (χ4n) is 10.4. The summed E-state index contributed by atoms with van der Waals surface area (Å²) in [6.45, 7) is 11.9. The summed E-state index contributed by atoms with van der Waals surface area (Å²) in [6.07, 6.45) is 9.06. The van der Waals surface area contributed by atoms with Crippen LogP contribution >= 0.6 is 22.7 Å². The quantitative estimate of drug-likeness (QED) is 0.0324. The number of amides is 3. The molecule has 1 saturated carbocycles. The van der Waals surface area contributed by atoms with Crippen molar-refractivity contribution in [1.82, 2.24) is 25.4 Å². The minimum absolute atomic E-state index is 0.0219. The number of rotatable bonds is 22. The number of likely N-dealkylation sites (tertiary alicyclic amines) is 1. The van der Waals surface area contributed by atoms with E-state index in [0.29, 0.717) is 42.4 Å². The second kappa shape index (κ2) is 24.5. The van der Waals surface area contributed by atoms with Crippen LogP contribution in [0.25, 0.3) is 31.0 Å². The first-order valence-electron chi connectivity index (χ1n) is 26.2. The first-order chi connectivity index (χ1) is 35.5. The summed E-state index contributed by atoms with van der Waals surface area (Å²) in [5.74, 6) is -0.0528. The Balaban J connectivity index is 0.770. The number of benzene rings is 4. The summed E-state index contributed by atoms with van der Waals surface area (Å²) in [7, 11) is 0. The van der Waals surface area contributed by atoms with E-state index in [1.807, 2.05) is 76.5 Å². The van der Waals surface area contributed by atoms with Crippen LogP contribution in [0.4, 0.5) is 0 Å². The zero-order valence-electron chi connectivity index (χ0n) is 43.3. The molecule has 5 N–H and O–H groups in total. The molecule has 6 aromatic rings. The third-order valence-corrected chi connectivity index (χ3v) is 16.7. The number of unbranched alkanes of at least 4 members (excludes halogenated alkanes) is 4. The normalized spacial score (nSPS) is 16.9. The maximum atomic E-state index is 14.2. The molecule has 1 saturated heterocycles. The van der Waals surface area contributed by atoms with Gasteiger partial charge in [0.2, 0.25) is 17.7 Å². The van der Waals surface area contributed by atoms with E-state index in [4.69, 9.17) is 4.74 Å². The number of aliphatic hydroxyl groups is 1. The van der Waals surface area contributed by atoms with Crippen molar-refractivity contribution in [3.63, 3.8) is 0 Å². The zero-order valence-corrected chi connectivity index (χ0v) is 44.9. The fourth-order valence-corrected chi connectivity index (χ4v) is 12.4. The van der Waals surface area contributed by atoms with Gasteiger partial charge in [0.1, 0.15) is 35.9 Å². The zero-order chi connectivity index (χ0) is 52.5. The molecule has 0 radical (unpaired) electrons. The highest BCUT2D eigenvalue weighted by Crippen LogP contribution is 2.42. The highest BCUT2D eigenvalue weighted by atomic mass is 32.1. The standard InChI is InChI=1S/C59H71N5O8S2/c1-37(39-16-18-41(19-17-39)54-38(2)60-36-73-54)61-57(70)49-33-46(67)35-64(49)58(71)56(59(3,4)5)62-51(68)15-9-7-6-8-12-30-63(43-13-10-11-14-43)31-32-72-47-27-22-40(23-28-47)53(69)52-48-29-26-45(66)34-50(48)74-55(52)42-20-24-44(65)25-21-42/h16-29,34,36-37,43,46,49,56,65-67H,6-15,30-33,35H2,1-5H3,(H,61,70)(H,62,68)/t37-,46-,49-,56+/m0/s1. The second-order valence-electron chi connectivity index (χ2n) is 21.1. The Kier molecular flexibility index (Phi) is 17.9. The van der Waals surface area contributed by atoms with Gasteiger partial charge in [0.15, 0.2) is 5.78 Å². The number of carbonyl (C=O) groups is 4. The van der Waals surface area contributed by atoms with Crippen molar-refractivity contribution in [2.75, 3.05) is 26.2 Å². The van der Waals surface area contributed by atoms with Crippen LogP contribution in [0, 0.1) is 12.3 Å². The van der Waals surface area contributed by atoms with Crippen LogP contribution in [0.3, 0.4) is 0 Å². The lowest BCUT2D eigenvalue weighted by Gasteiger charge is -2.35. The molecule has 1 aliphatic carbocycles. The number of thiazole rings is 1. The lowest BCUT2D eigenvalue weighted by Crippen LogP contribution is -2.57. The summed E-state index contributed by atoms with van der Waals surface area (Å²) < 4.78 is 7.06. The number of β-amino-alcohol motifs (C(OH)–C–C–N with tert-alkyl or cyclic N) is 1. The maximum absolute atomic E-state index is 14.2. The predicted molar refractivity (Wildman–Crippen MR) is 294 cm³/mol. The van der Waals surface area contributed by atoms with E-state index in [-0.39, 0.29) is 54.0 Å². The van der Waals surface area contributed by atoms with E-state index in [1.165, 1.54) is 41.9 Å². The Bertz CT molecular complexity index is 2870. The van der Waals surface area contributed by atoms with Crippen LogP contribution in [-0.4, -0.2) is 104 Å². The SMILES string of the molecule is Cc1ncsc1-c1ccc([C@H](C)NC(=O)[C@@H]2C[C@H](O)CN2C(=O)[C@@H](NC(=O)CCCCCCCN(CCOc2ccc(C(=O)c3c(-c4ccc(O)cc4)sc4cc(O)ccc34)cc2)C2CCCC2)C(C)(C)C)cc1. The molecule has 2 aromatic heterocycles. The van der Waals surface area contributed by atoms with Gasteiger partial charge in [-0.3, -0.25) is 24.1 Å². The molecule has 4 aromatic carbocycles. The van der Waals surface area contributed by atoms with Gasteiger partial charge in [-0.25, -0.2) is 4.98 Å². The largest absolute Gasteiger partial charge is 0.508 e. The second-order valence-corrected chi connectivity index (χ2v) is 23.0. The van der Waals surface area contributed by atoms with Gasteiger partial charge >= 0.3 is 0 Å². The Hall–Kier alpha value is -6.13. The van der Waals surface area contributed by atoms with Gasteiger partial charge in [0, 0.05) is 58.1 Å². The molecule has 13 nitrogen and oxygen atoms in total. The molecule has 74 heavy (non-hydrogen) atoms. The average molecular weight is 1040 g/mol. The van der Waals surface area contributed by atoms with E-state index in [9.17, 15) is 34.5 Å². The lowest BCUT2D eigenvalue weighted by atomic mass is 9.85. The third kappa shape index (κ3) is 13.4. The number of hydrogen-bond acceptors (Lipinski definition) is 12. The molecule has 0 bridgehead atoms. The molecule has 1 aliphatic heterocycles. The van der Waals surface area contributed by atoms with Gasteiger partial charge in [-0.2, -0.15) is 0 Å². The number of aliphatic hydroxyl groups excluding tert-OH is 1. The number of phenolic OH excluding ortho intramolecular Hbond substituents is 2. The van der Waals surface area contributed by atoms with Gasteiger partial charge in [-0.1, -0.05) is 77.1 Å². The van der Waals surface area contributed by atoms with Gasteiger partial charge in [0.05, 0.1) is 28.2 Å². The van der Waals surface area contributed by atoms with E-state index < -0.39 is 23.6 Å². The number of fused-ring (bicyclic) bond motifs is 1. The number of ketones is 1. The Morgan fingerprint density at radius 1 is 0.824 bits per heavy atom. The van der Waals surface area contributed by atoms with E-state index in [1.54, 1.807) is 65.9 Å². The Labute approximate surface area is 443 Å². The average Bonchev–Trinajstić information content (AvgIpc) is 4.22. The number of aromatic nitrogens is 1. The molecule has 4 atom stereocenters. The van der Waals surface area contributed by atoms with E-state index >= 15 is 0 Å². The molecule has 2 aliphatic rings. The number of thiophene rings is 1. The molecule has 0 spiro atoms. The number of aryl methyl sites for hydroxylation is 1. The summed E-state index contributed by atoms with van der Waals surface area (Å²) >= 11 is 3.02. The van der Waals surface area contributed by atoms with Crippen LogP contribution in [0.5, 0.6) is 17.2 Å². The van der Waals surface area contributed by atoms with Gasteiger partial charge in [-0.15, -0.1) is 22.7 Å². The minimum Gasteiger partial charge on any atom is -0.508 e. The summed E-state index contributed by atoms with van der Waals surface area (Å²) in [5.41, 5.74) is 6.05. The highest BCUT2D eigenvalue weighted by molar-refractivity contribution is 7.22. The van der Waals surface area contributed by atoms with Crippen LogP contribution in [-0.2, 0) is 14.4 Å². The van der Waals surface area contributed by atoms with Gasteiger partial charge < -0.3 is 35.6 Å². The summed E-state index contributed by atoms with van der Waals surface area (Å²) in [5, 5.41) is 37.6. The number of carbonyl (C=O) groups excluding carboxylic acids is 4. The van der Waals surface area contributed by atoms with E-state index in [2.05, 4.69) is 20.5 Å². The molecule has 3 amide bonds. The molecular weight excluding hydrogens is 971 g/mol. The monoisotopic (exact) mass is 1040 g/mol. The molecule has 15 heteroatoms. The molecular formula is C59H71N5O8S2. The number of hydrogen-bond donors (Lipinski definition) is 5. The smallest absolute Gasteiger partial charge is 0.246 e. The number of nitrogens with zero attached hydrogens (tertiary/aromatic N) is 3.